The molecule has 1 unspecified atom stereocenters. The van der Waals surface area contributed by atoms with Gasteiger partial charge in [-0.3, -0.25) is 10.00 Å². The molecule has 2 amide bonds. The van der Waals surface area contributed by atoms with Crippen molar-refractivity contribution in [3.63, 3.8) is 0 Å². The number of anilines is 1. The standard InChI is InChI=1S/C17H20N6O2S/c1-23-14(8-9-18-23)13(11-25-2)19-16(24)20-17-22-21-15(26-17)10-12-6-4-3-5-7-12/h3-9,13H,10-11H2,1-2H3,(H2,19,20,22,24). The van der Waals surface area contributed by atoms with Crippen LogP contribution >= 0.6 is 11.3 Å². The zero-order chi connectivity index (χ0) is 18.4. The SMILES string of the molecule is COCC(NC(=O)Nc1nnc(Cc2ccccc2)s1)c1ccnn1C. The minimum atomic E-state index is -0.365. The second kappa shape index (κ2) is 8.54. The van der Waals surface area contributed by atoms with Crippen LogP contribution in [0.25, 0.3) is 0 Å². The van der Waals surface area contributed by atoms with Crippen LogP contribution in [0.4, 0.5) is 9.93 Å². The molecule has 0 aliphatic heterocycles. The lowest BCUT2D eigenvalue weighted by molar-refractivity contribution is 0.165. The van der Waals surface area contributed by atoms with Crippen LogP contribution in [0.3, 0.4) is 0 Å². The number of hydrogen-bond donors (Lipinski definition) is 2. The second-order valence-electron chi connectivity index (χ2n) is 5.65. The van der Waals surface area contributed by atoms with Crippen molar-refractivity contribution in [1.29, 1.82) is 0 Å². The van der Waals surface area contributed by atoms with Gasteiger partial charge in [0.15, 0.2) is 0 Å². The summed E-state index contributed by atoms with van der Waals surface area (Å²) in [5.41, 5.74) is 2.00. The number of nitrogens with zero attached hydrogens (tertiary/aromatic N) is 4. The molecule has 9 heteroatoms. The minimum Gasteiger partial charge on any atom is -0.382 e. The largest absolute Gasteiger partial charge is 0.382 e. The Morgan fingerprint density at radius 1 is 1.27 bits per heavy atom. The maximum atomic E-state index is 12.3. The number of benzene rings is 1. The summed E-state index contributed by atoms with van der Waals surface area (Å²) >= 11 is 1.35. The molecule has 0 saturated heterocycles. The molecule has 3 rings (SSSR count). The number of methoxy groups -OCH3 is 1. The van der Waals surface area contributed by atoms with Crippen molar-refractivity contribution >= 4 is 22.5 Å². The number of carbonyl (C=O) groups is 1. The van der Waals surface area contributed by atoms with Crippen molar-refractivity contribution in [2.45, 2.75) is 12.5 Å². The molecular weight excluding hydrogens is 352 g/mol. The highest BCUT2D eigenvalue weighted by atomic mass is 32.1. The lowest BCUT2D eigenvalue weighted by Gasteiger charge is -2.18. The topological polar surface area (TPSA) is 94.0 Å². The van der Waals surface area contributed by atoms with E-state index in [1.807, 2.05) is 43.4 Å². The predicted octanol–water partition coefficient (Wildman–Crippen LogP) is 2.37. The number of nitrogens with one attached hydrogen (secondary N) is 2. The molecule has 2 heterocycles. The molecule has 2 aromatic heterocycles. The second-order valence-corrected chi connectivity index (χ2v) is 6.71. The van der Waals surface area contributed by atoms with Crippen LogP contribution < -0.4 is 10.6 Å². The molecule has 8 nitrogen and oxygen atoms in total. The minimum absolute atomic E-state index is 0.316. The summed E-state index contributed by atoms with van der Waals surface area (Å²) in [6.07, 6.45) is 2.36. The van der Waals surface area contributed by atoms with E-state index in [1.54, 1.807) is 18.0 Å². The fourth-order valence-electron chi connectivity index (χ4n) is 2.53. The molecule has 0 aliphatic carbocycles. The third-order valence-electron chi connectivity index (χ3n) is 3.74. The fourth-order valence-corrected chi connectivity index (χ4v) is 3.30. The first-order valence-electron chi connectivity index (χ1n) is 8.06. The number of amides is 2. The Morgan fingerprint density at radius 3 is 2.77 bits per heavy atom. The van der Waals surface area contributed by atoms with Crippen LogP contribution in [0.1, 0.15) is 22.3 Å². The van der Waals surface area contributed by atoms with Crippen LogP contribution in [0, 0.1) is 0 Å². The zero-order valence-corrected chi connectivity index (χ0v) is 15.4. The van der Waals surface area contributed by atoms with Crippen molar-refractivity contribution in [2.75, 3.05) is 19.0 Å². The molecule has 0 bridgehead atoms. The monoisotopic (exact) mass is 372 g/mol. The van der Waals surface area contributed by atoms with Gasteiger partial charge in [0.25, 0.3) is 0 Å². The molecule has 2 N–H and O–H groups in total. The number of carbonyl (C=O) groups excluding carboxylic acids is 1. The van der Waals surface area contributed by atoms with E-state index < -0.39 is 0 Å². The van der Waals surface area contributed by atoms with E-state index in [0.717, 1.165) is 16.3 Å². The van der Waals surface area contributed by atoms with Gasteiger partial charge in [0, 0.05) is 26.8 Å². The number of aryl methyl sites for hydroxylation is 1. The molecule has 136 valence electrons. The lowest BCUT2D eigenvalue weighted by Crippen LogP contribution is -2.35. The van der Waals surface area contributed by atoms with Gasteiger partial charge in [-0.05, 0) is 11.6 Å². The normalized spacial score (nSPS) is 11.9. The Kier molecular flexibility index (Phi) is 5.92. The highest BCUT2D eigenvalue weighted by molar-refractivity contribution is 7.15. The number of ether oxygens (including phenoxy) is 1. The molecule has 3 aromatic rings. The highest BCUT2D eigenvalue weighted by Crippen LogP contribution is 2.19. The summed E-state index contributed by atoms with van der Waals surface area (Å²) in [5, 5.41) is 19.2. The first-order valence-corrected chi connectivity index (χ1v) is 8.88. The Morgan fingerprint density at radius 2 is 2.08 bits per heavy atom. The molecule has 0 saturated carbocycles. The quantitative estimate of drug-likeness (QED) is 0.664. The molecule has 1 aromatic carbocycles. The van der Waals surface area contributed by atoms with Gasteiger partial charge in [0.1, 0.15) is 5.01 Å². The molecule has 0 spiro atoms. The molecule has 26 heavy (non-hydrogen) atoms. The van der Waals surface area contributed by atoms with Gasteiger partial charge in [-0.15, -0.1) is 10.2 Å². The molecule has 0 aliphatic rings. The summed E-state index contributed by atoms with van der Waals surface area (Å²) in [4.78, 5) is 12.3. The summed E-state index contributed by atoms with van der Waals surface area (Å²) < 4.78 is 6.90. The third kappa shape index (κ3) is 4.64. The molecular formula is C17H20N6O2S. The van der Waals surface area contributed by atoms with Crippen LogP contribution in [0.2, 0.25) is 0 Å². The Hall–Kier alpha value is -2.78. The van der Waals surface area contributed by atoms with Crippen LogP contribution in [-0.4, -0.2) is 39.7 Å². The number of urea groups is 1. The summed E-state index contributed by atoms with van der Waals surface area (Å²) in [6.45, 7) is 0.336. The van der Waals surface area contributed by atoms with Gasteiger partial charge in [0.2, 0.25) is 5.13 Å². The van der Waals surface area contributed by atoms with E-state index in [0.29, 0.717) is 18.2 Å². The van der Waals surface area contributed by atoms with Crippen molar-refractivity contribution < 1.29 is 9.53 Å². The number of hydrogen-bond acceptors (Lipinski definition) is 6. The van der Waals surface area contributed by atoms with Gasteiger partial charge in [-0.1, -0.05) is 41.7 Å². The Labute approximate surface area is 155 Å². The first-order chi connectivity index (χ1) is 12.7. The average Bonchev–Trinajstić information content (AvgIpc) is 3.24. The zero-order valence-electron chi connectivity index (χ0n) is 14.5. The van der Waals surface area contributed by atoms with E-state index in [-0.39, 0.29) is 12.1 Å². The van der Waals surface area contributed by atoms with E-state index >= 15 is 0 Å². The van der Waals surface area contributed by atoms with Gasteiger partial charge >= 0.3 is 6.03 Å². The van der Waals surface area contributed by atoms with E-state index in [9.17, 15) is 4.79 Å². The summed E-state index contributed by atoms with van der Waals surface area (Å²) in [7, 11) is 3.40. The number of aromatic nitrogens is 4. The number of rotatable bonds is 7. The fraction of sp³-hybridized carbons (Fsp3) is 0.294. The predicted molar refractivity (Wildman–Crippen MR) is 99.1 cm³/mol. The third-order valence-corrected chi connectivity index (χ3v) is 4.58. The smallest absolute Gasteiger partial charge is 0.321 e. The molecule has 1 atom stereocenters. The first kappa shape index (κ1) is 18.0. The van der Waals surface area contributed by atoms with Crippen molar-refractivity contribution in [1.82, 2.24) is 25.3 Å². The average molecular weight is 372 g/mol. The van der Waals surface area contributed by atoms with Crippen molar-refractivity contribution in [3.8, 4) is 0 Å². The summed E-state index contributed by atoms with van der Waals surface area (Å²) in [6, 6.07) is 11.2. The van der Waals surface area contributed by atoms with Gasteiger partial charge < -0.3 is 10.1 Å². The Bertz CT molecular complexity index is 848. The van der Waals surface area contributed by atoms with Crippen LogP contribution in [0.15, 0.2) is 42.6 Å². The van der Waals surface area contributed by atoms with E-state index in [2.05, 4.69) is 25.9 Å². The van der Waals surface area contributed by atoms with Crippen LogP contribution in [-0.2, 0) is 18.2 Å². The molecule has 0 radical (unpaired) electrons. The maximum absolute atomic E-state index is 12.3. The van der Waals surface area contributed by atoms with Gasteiger partial charge in [-0.25, -0.2) is 4.79 Å². The Balaban J connectivity index is 1.60. The van der Waals surface area contributed by atoms with E-state index in [4.69, 9.17) is 4.74 Å². The summed E-state index contributed by atoms with van der Waals surface area (Å²) in [5.74, 6) is 0. The molecule has 0 fully saturated rings. The van der Waals surface area contributed by atoms with Gasteiger partial charge in [-0.2, -0.15) is 5.10 Å². The van der Waals surface area contributed by atoms with Crippen molar-refractivity contribution in [2.24, 2.45) is 7.05 Å². The highest BCUT2D eigenvalue weighted by Gasteiger charge is 2.18. The maximum Gasteiger partial charge on any atom is 0.321 e. The van der Waals surface area contributed by atoms with Gasteiger partial charge in [0.05, 0.1) is 18.3 Å². The lowest BCUT2D eigenvalue weighted by atomic mass is 10.2. The van der Waals surface area contributed by atoms with Crippen LogP contribution in [0.5, 0.6) is 0 Å². The van der Waals surface area contributed by atoms with Crippen molar-refractivity contribution in [3.05, 3.63) is 58.9 Å². The van der Waals surface area contributed by atoms with E-state index in [1.165, 1.54) is 11.3 Å².